The van der Waals surface area contributed by atoms with Gasteiger partial charge in [0.15, 0.2) is 0 Å². The summed E-state index contributed by atoms with van der Waals surface area (Å²) >= 11 is 5.88. The van der Waals surface area contributed by atoms with Crippen LogP contribution in [0, 0.1) is 6.92 Å². The van der Waals surface area contributed by atoms with Gasteiger partial charge in [-0.25, -0.2) is 0 Å². The van der Waals surface area contributed by atoms with Crippen LogP contribution in [0.25, 0.3) is 11.1 Å². The fraction of sp³-hybridized carbons (Fsp3) is 0.154. The largest absolute Gasteiger partial charge is 0.264 e. The molecule has 0 atom stereocenters. The Bertz CT molecular complexity index is 466. The summed E-state index contributed by atoms with van der Waals surface area (Å²) in [5, 5.41) is 0. The van der Waals surface area contributed by atoms with Crippen molar-refractivity contribution < 1.29 is 0 Å². The first kappa shape index (κ1) is 10.2. The number of halogens is 1. The molecular formula is C13H12ClN. The predicted molar refractivity (Wildman–Crippen MR) is 64.0 cm³/mol. The van der Waals surface area contributed by atoms with Crippen LogP contribution in [0.15, 0.2) is 42.7 Å². The van der Waals surface area contributed by atoms with Crippen molar-refractivity contribution in [3.05, 3.63) is 53.9 Å². The maximum Gasteiger partial charge on any atom is 0.0495 e. The predicted octanol–water partition coefficient (Wildman–Crippen LogP) is 3.80. The zero-order chi connectivity index (χ0) is 10.7. The molecule has 0 aliphatic rings. The van der Waals surface area contributed by atoms with Gasteiger partial charge in [-0.1, -0.05) is 29.8 Å². The van der Waals surface area contributed by atoms with Crippen molar-refractivity contribution in [2.75, 3.05) is 0 Å². The van der Waals surface area contributed by atoms with E-state index in [2.05, 4.69) is 36.2 Å². The molecule has 0 saturated heterocycles. The second-order valence-electron chi connectivity index (χ2n) is 3.54. The van der Waals surface area contributed by atoms with Crippen molar-refractivity contribution in [3.63, 3.8) is 0 Å². The van der Waals surface area contributed by atoms with Gasteiger partial charge in [0, 0.05) is 18.3 Å². The van der Waals surface area contributed by atoms with E-state index in [-0.39, 0.29) is 0 Å². The van der Waals surface area contributed by atoms with Crippen LogP contribution in [0.5, 0.6) is 0 Å². The van der Waals surface area contributed by atoms with Crippen LogP contribution >= 0.6 is 11.6 Å². The second kappa shape index (κ2) is 4.45. The summed E-state index contributed by atoms with van der Waals surface area (Å²) < 4.78 is 0. The lowest BCUT2D eigenvalue weighted by Crippen LogP contribution is -1.88. The minimum atomic E-state index is 0.497. The van der Waals surface area contributed by atoms with Crippen LogP contribution < -0.4 is 0 Å². The molecule has 1 nitrogen and oxygen atoms in total. The molecule has 1 aromatic heterocycles. The molecule has 0 bridgehead atoms. The number of hydrogen-bond donors (Lipinski definition) is 0. The quantitative estimate of drug-likeness (QED) is 0.698. The maximum absolute atomic E-state index is 5.88. The first-order valence-electron chi connectivity index (χ1n) is 4.87. The number of hydrogen-bond acceptors (Lipinski definition) is 1. The van der Waals surface area contributed by atoms with E-state index in [0.29, 0.717) is 5.88 Å². The van der Waals surface area contributed by atoms with Crippen LogP contribution in [0.3, 0.4) is 0 Å². The average Bonchev–Trinajstić information content (AvgIpc) is 2.29. The Morgan fingerprint density at radius 1 is 1.27 bits per heavy atom. The second-order valence-corrected chi connectivity index (χ2v) is 3.80. The highest BCUT2D eigenvalue weighted by molar-refractivity contribution is 6.17. The van der Waals surface area contributed by atoms with Gasteiger partial charge in [0.2, 0.25) is 0 Å². The van der Waals surface area contributed by atoms with E-state index in [1.165, 1.54) is 16.7 Å². The van der Waals surface area contributed by atoms with Crippen molar-refractivity contribution in [1.29, 1.82) is 0 Å². The van der Waals surface area contributed by atoms with Gasteiger partial charge in [0.25, 0.3) is 0 Å². The van der Waals surface area contributed by atoms with E-state index in [4.69, 9.17) is 11.6 Å². The Hall–Kier alpha value is -1.34. The number of aromatic nitrogens is 1. The highest BCUT2D eigenvalue weighted by Gasteiger charge is 2.03. The van der Waals surface area contributed by atoms with Crippen LogP contribution in [0.2, 0.25) is 0 Å². The number of benzene rings is 1. The third-order valence-corrected chi connectivity index (χ3v) is 2.66. The number of alkyl halides is 1. The fourth-order valence-electron chi connectivity index (χ4n) is 1.63. The maximum atomic E-state index is 5.88. The Morgan fingerprint density at radius 2 is 2.13 bits per heavy atom. The molecule has 0 fully saturated rings. The highest BCUT2D eigenvalue weighted by Crippen LogP contribution is 2.24. The Balaban J connectivity index is 2.53. The van der Waals surface area contributed by atoms with Crippen molar-refractivity contribution in [2.24, 2.45) is 0 Å². The van der Waals surface area contributed by atoms with Gasteiger partial charge in [0.1, 0.15) is 0 Å². The third kappa shape index (κ3) is 2.18. The molecule has 2 heteroatoms. The molecule has 0 amide bonds. The summed E-state index contributed by atoms with van der Waals surface area (Å²) in [7, 11) is 0. The molecule has 1 heterocycles. The molecule has 0 aliphatic heterocycles. The normalized spacial score (nSPS) is 10.3. The number of pyridine rings is 1. The third-order valence-electron chi connectivity index (χ3n) is 2.38. The van der Waals surface area contributed by atoms with Crippen molar-refractivity contribution in [3.8, 4) is 11.1 Å². The minimum absolute atomic E-state index is 0.497. The fourth-order valence-corrected chi connectivity index (χ4v) is 1.84. The lowest BCUT2D eigenvalue weighted by atomic mass is 10.0. The molecule has 0 saturated carbocycles. The van der Waals surface area contributed by atoms with Crippen LogP contribution in [0.4, 0.5) is 0 Å². The van der Waals surface area contributed by atoms with E-state index in [9.17, 15) is 0 Å². The number of rotatable bonds is 2. The van der Waals surface area contributed by atoms with Gasteiger partial charge in [0.05, 0.1) is 0 Å². The van der Waals surface area contributed by atoms with Gasteiger partial charge in [-0.3, -0.25) is 4.98 Å². The van der Waals surface area contributed by atoms with Gasteiger partial charge in [-0.2, -0.15) is 0 Å². The van der Waals surface area contributed by atoms with Crippen LogP contribution in [0.1, 0.15) is 11.1 Å². The molecule has 1 aromatic carbocycles. The Kier molecular flexibility index (Phi) is 3.02. The van der Waals surface area contributed by atoms with Gasteiger partial charge in [-0.05, 0) is 29.7 Å². The first-order chi connectivity index (χ1) is 7.31. The van der Waals surface area contributed by atoms with Crippen molar-refractivity contribution >= 4 is 11.6 Å². The molecule has 76 valence electrons. The summed E-state index contributed by atoms with van der Waals surface area (Å²) in [6.45, 7) is 2.09. The molecule has 15 heavy (non-hydrogen) atoms. The summed E-state index contributed by atoms with van der Waals surface area (Å²) in [6.07, 6.45) is 3.62. The number of nitrogens with zero attached hydrogens (tertiary/aromatic N) is 1. The smallest absolute Gasteiger partial charge is 0.0495 e. The van der Waals surface area contributed by atoms with Gasteiger partial charge >= 0.3 is 0 Å². The van der Waals surface area contributed by atoms with E-state index < -0.39 is 0 Å². The monoisotopic (exact) mass is 217 g/mol. The molecule has 2 aromatic rings. The zero-order valence-corrected chi connectivity index (χ0v) is 9.33. The van der Waals surface area contributed by atoms with Gasteiger partial charge in [-0.15, -0.1) is 11.6 Å². The molecule has 0 unspecified atom stereocenters. The SMILES string of the molecule is Cc1cccc(-c2ccncc2CCl)c1. The van der Waals surface area contributed by atoms with Crippen LogP contribution in [-0.2, 0) is 5.88 Å². The van der Waals surface area contributed by atoms with E-state index in [0.717, 1.165) is 5.56 Å². The standard InChI is InChI=1S/C13H12ClN/c1-10-3-2-4-11(7-10)13-5-6-15-9-12(13)8-14/h2-7,9H,8H2,1H3. The molecule has 2 rings (SSSR count). The molecule has 0 aliphatic carbocycles. The summed E-state index contributed by atoms with van der Waals surface area (Å²) in [6, 6.07) is 10.4. The van der Waals surface area contributed by atoms with Gasteiger partial charge < -0.3 is 0 Å². The molecule has 0 N–H and O–H groups in total. The van der Waals surface area contributed by atoms with E-state index in [1.807, 2.05) is 12.3 Å². The number of aryl methyl sites for hydroxylation is 1. The molecule has 0 spiro atoms. The summed E-state index contributed by atoms with van der Waals surface area (Å²) in [5.74, 6) is 0.497. The lowest BCUT2D eigenvalue weighted by molar-refractivity contribution is 1.25. The molecule has 0 radical (unpaired) electrons. The van der Waals surface area contributed by atoms with Crippen LogP contribution in [-0.4, -0.2) is 4.98 Å². The van der Waals surface area contributed by atoms with E-state index in [1.54, 1.807) is 6.20 Å². The Morgan fingerprint density at radius 3 is 2.87 bits per heavy atom. The highest BCUT2D eigenvalue weighted by atomic mass is 35.5. The van der Waals surface area contributed by atoms with E-state index >= 15 is 0 Å². The lowest BCUT2D eigenvalue weighted by Gasteiger charge is -2.06. The summed E-state index contributed by atoms with van der Waals surface area (Å²) in [5.41, 5.74) is 4.70. The topological polar surface area (TPSA) is 12.9 Å². The van der Waals surface area contributed by atoms with Crippen molar-refractivity contribution in [1.82, 2.24) is 4.98 Å². The van der Waals surface area contributed by atoms with Crippen molar-refractivity contribution in [2.45, 2.75) is 12.8 Å². The first-order valence-corrected chi connectivity index (χ1v) is 5.40. The Labute approximate surface area is 94.7 Å². The molecular weight excluding hydrogens is 206 g/mol. The minimum Gasteiger partial charge on any atom is -0.264 e. The summed E-state index contributed by atoms with van der Waals surface area (Å²) in [4.78, 5) is 4.08. The zero-order valence-electron chi connectivity index (χ0n) is 8.57. The average molecular weight is 218 g/mol.